The third-order valence-corrected chi connectivity index (χ3v) is 3.95. The number of carbonyl (C=O) groups is 1. The van der Waals surface area contributed by atoms with Gasteiger partial charge in [-0.25, -0.2) is 0 Å². The van der Waals surface area contributed by atoms with Crippen molar-refractivity contribution in [2.75, 3.05) is 25.4 Å². The van der Waals surface area contributed by atoms with Crippen molar-refractivity contribution in [2.45, 2.75) is 32.1 Å². The molecule has 3 nitrogen and oxygen atoms in total. The van der Waals surface area contributed by atoms with E-state index < -0.39 is 0 Å². The van der Waals surface area contributed by atoms with Crippen molar-refractivity contribution in [1.82, 2.24) is 10.6 Å². The van der Waals surface area contributed by atoms with E-state index in [2.05, 4.69) is 49.6 Å². The van der Waals surface area contributed by atoms with Crippen LogP contribution in [0.15, 0.2) is 23.1 Å². The molecule has 0 aliphatic heterocycles. The molecule has 0 bridgehead atoms. The average molecular weight is 317 g/mol. The van der Waals surface area contributed by atoms with Crippen LogP contribution in [0.4, 0.5) is 0 Å². The molecule has 0 unspecified atom stereocenters. The molecule has 20 heavy (non-hydrogen) atoms. The number of carbonyl (C=O) groups excluding carboxylic acids is 1. The topological polar surface area (TPSA) is 41.1 Å². The average Bonchev–Trinajstić information content (AvgIpc) is 2.39. The van der Waals surface area contributed by atoms with Gasteiger partial charge in [-0.3, -0.25) is 4.79 Å². The Hall–Kier alpha value is -0.710. The number of rotatable bonds is 8. The van der Waals surface area contributed by atoms with Gasteiger partial charge in [-0.1, -0.05) is 13.0 Å². The molecule has 0 heterocycles. The summed E-state index contributed by atoms with van der Waals surface area (Å²) in [5.74, 6) is 0.962. The van der Waals surface area contributed by atoms with Gasteiger partial charge in [0.05, 0.1) is 0 Å². The smallest absolute Gasteiger partial charge is 0.220 e. The number of hydrogen-bond donors (Lipinski definition) is 2. The third-order valence-electron chi connectivity index (χ3n) is 2.95. The van der Waals surface area contributed by atoms with Gasteiger partial charge in [0.1, 0.15) is 0 Å². The Morgan fingerprint density at radius 3 is 2.60 bits per heavy atom. The molecule has 0 saturated carbocycles. The van der Waals surface area contributed by atoms with E-state index in [1.165, 1.54) is 16.0 Å². The Morgan fingerprint density at radius 2 is 1.95 bits per heavy atom. The number of thioether (sulfide) groups is 1. The van der Waals surface area contributed by atoms with E-state index in [4.69, 9.17) is 0 Å². The lowest BCUT2D eigenvalue weighted by Gasteiger charge is -2.06. The van der Waals surface area contributed by atoms with Gasteiger partial charge in [0.2, 0.25) is 5.91 Å². The second-order valence-electron chi connectivity index (χ2n) is 4.55. The normalized spacial score (nSPS) is 9.95. The Bertz CT molecular complexity index is 413. The lowest BCUT2D eigenvalue weighted by Crippen LogP contribution is -2.31. The number of nitrogens with one attached hydrogen (secondary N) is 2. The summed E-state index contributed by atoms with van der Waals surface area (Å²) in [5, 5.41) is 6.09. The van der Waals surface area contributed by atoms with Crippen molar-refractivity contribution in [3.05, 3.63) is 29.3 Å². The number of aryl methyl sites for hydroxylation is 2. The third kappa shape index (κ3) is 7.78. The molecule has 5 heteroatoms. The summed E-state index contributed by atoms with van der Waals surface area (Å²) in [5.41, 5.74) is 2.62. The van der Waals surface area contributed by atoms with Crippen molar-refractivity contribution >= 4 is 30.1 Å². The number of hydrogen-bond acceptors (Lipinski definition) is 3. The molecule has 0 radical (unpaired) electrons. The van der Waals surface area contributed by atoms with E-state index in [0.717, 1.165) is 18.8 Å². The van der Waals surface area contributed by atoms with E-state index >= 15 is 0 Å². The van der Waals surface area contributed by atoms with Gasteiger partial charge in [-0.2, -0.15) is 0 Å². The molecule has 1 rings (SSSR count). The molecule has 0 aromatic heterocycles. The first-order valence-corrected chi connectivity index (χ1v) is 7.79. The second kappa shape index (κ2) is 11.0. The maximum Gasteiger partial charge on any atom is 0.220 e. The first-order valence-electron chi connectivity index (χ1n) is 6.81. The lowest BCUT2D eigenvalue weighted by molar-refractivity contribution is -0.120. The summed E-state index contributed by atoms with van der Waals surface area (Å²) in [6.45, 7) is 8.78. The van der Waals surface area contributed by atoms with Crippen LogP contribution in [0.1, 0.15) is 24.5 Å². The fourth-order valence-electron chi connectivity index (χ4n) is 1.62. The largest absolute Gasteiger partial charge is 0.355 e. The van der Waals surface area contributed by atoms with Gasteiger partial charge in [-0.15, -0.1) is 24.2 Å². The van der Waals surface area contributed by atoms with Crippen LogP contribution >= 0.6 is 24.2 Å². The van der Waals surface area contributed by atoms with E-state index in [9.17, 15) is 4.79 Å². The number of benzene rings is 1. The predicted molar refractivity (Wildman–Crippen MR) is 90.1 cm³/mol. The Morgan fingerprint density at radius 1 is 1.20 bits per heavy atom. The molecule has 2 N–H and O–H groups in total. The Balaban J connectivity index is 0.00000361. The van der Waals surface area contributed by atoms with Crippen molar-refractivity contribution < 1.29 is 4.79 Å². The highest BCUT2D eigenvalue weighted by Crippen LogP contribution is 2.21. The molecule has 1 aromatic rings. The number of amides is 1. The van der Waals surface area contributed by atoms with Gasteiger partial charge in [-0.05, 0) is 43.7 Å². The van der Waals surface area contributed by atoms with Gasteiger partial charge in [0.15, 0.2) is 0 Å². The standard InChI is InChI=1S/C15H24N2OS.ClH/c1-4-16-8-9-17-15(18)7-10-19-14-6-5-12(2)13(3)11-14;/h5-6,11,16H,4,7-10H2,1-3H3,(H,17,18);1H. The van der Waals surface area contributed by atoms with Crippen LogP contribution in [0.25, 0.3) is 0 Å². The van der Waals surface area contributed by atoms with Crippen LogP contribution in [0.3, 0.4) is 0 Å². The molecule has 0 aliphatic carbocycles. The summed E-state index contributed by atoms with van der Waals surface area (Å²) in [7, 11) is 0. The highest BCUT2D eigenvalue weighted by atomic mass is 35.5. The fourth-order valence-corrected chi connectivity index (χ4v) is 2.57. The van der Waals surface area contributed by atoms with Crippen LogP contribution in [0.5, 0.6) is 0 Å². The number of likely N-dealkylation sites (N-methyl/N-ethyl adjacent to an activating group) is 1. The zero-order valence-electron chi connectivity index (χ0n) is 12.5. The van der Waals surface area contributed by atoms with Crippen LogP contribution < -0.4 is 10.6 Å². The first kappa shape index (κ1) is 19.3. The Kier molecular flexibility index (Phi) is 10.6. The first-order chi connectivity index (χ1) is 9.13. The van der Waals surface area contributed by atoms with Crippen molar-refractivity contribution in [1.29, 1.82) is 0 Å². The molecule has 0 spiro atoms. The summed E-state index contributed by atoms with van der Waals surface area (Å²) in [6, 6.07) is 6.44. The summed E-state index contributed by atoms with van der Waals surface area (Å²) >= 11 is 1.74. The highest BCUT2D eigenvalue weighted by Gasteiger charge is 2.02. The Labute approximate surface area is 132 Å². The van der Waals surface area contributed by atoms with Gasteiger partial charge >= 0.3 is 0 Å². The maximum absolute atomic E-state index is 11.6. The van der Waals surface area contributed by atoms with Crippen LogP contribution in [-0.2, 0) is 4.79 Å². The molecule has 114 valence electrons. The molecule has 0 saturated heterocycles. The molecule has 0 atom stereocenters. The quantitative estimate of drug-likeness (QED) is 0.572. The van der Waals surface area contributed by atoms with E-state index in [1.54, 1.807) is 11.8 Å². The van der Waals surface area contributed by atoms with Crippen molar-refractivity contribution in [2.24, 2.45) is 0 Å². The lowest BCUT2D eigenvalue weighted by atomic mass is 10.1. The molecule has 1 amide bonds. The van der Waals surface area contributed by atoms with Gasteiger partial charge < -0.3 is 10.6 Å². The van der Waals surface area contributed by atoms with Crippen LogP contribution in [0, 0.1) is 13.8 Å². The van der Waals surface area contributed by atoms with Crippen LogP contribution in [-0.4, -0.2) is 31.3 Å². The maximum atomic E-state index is 11.6. The molecule has 1 aromatic carbocycles. The fraction of sp³-hybridized carbons (Fsp3) is 0.533. The summed E-state index contributed by atoms with van der Waals surface area (Å²) in [6.07, 6.45) is 0.573. The minimum Gasteiger partial charge on any atom is -0.355 e. The second-order valence-corrected chi connectivity index (χ2v) is 5.72. The molecular weight excluding hydrogens is 292 g/mol. The van der Waals surface area contributed by atoms with Gasteiger partial charge in [0, 0.05) is 30.2 Å². The van der Waals surface area contributed by atoms with Crippen molar-refractivity contribution in [3.8, 4) is 0 Å². The van der Waals surface area contributed by atoms with E-state index in [1.807, 2.05) is 0 Å². The van der Waals surface area contributed by atoms with E-state index in [0.29, 0.717) is 13.0 Å². The minimum atomic E-state index is 0. The SMILES string of the molecule is CCNCCNC(=O)CCSc1ccc(C)c(C)c1.Cl. The zero-order valence-corrected chi connectivity index (χ0v) is 14.1. The van der Waals surface area contributed by atoms with Crippen LogP contribution in [0.2, 0.25) is 0 Å². The monoisotopic (exact) mass is 316 g/mol. The number of halogens is 1. The highest BCUT2D eigenvalue weighted by molar-refractivity contribution is 7.99. The molecule has 0 aliphatic rings. The molecular formula is C15H25ClN2OS. The van der Waals surface area contributed by atoms with E-state index in [-0.39, 0.29) is 18.3 Å². The molecule has 0 fully saturated rings. The van der Waals surface area contributed by atoms with Gasteiger partial charge in [0.25, 0.3) is 0 Å². The summed E-state index contributed by atoms with van der Waals surface area (Å²) in [4.78, 5) is 12.8. The zero-order chi connectivity index (χ0) is 14.1. The minimum absolute atomic E-state index is 0. The predicted octanol–water partition coefficient (Wildman–Crippen LogP) is 2.93. The van der Waals surface area contributed by atoms with Crippen molar-refractivity contribution in [3.63, 3.8) is 0 Å². The summed E-state index contributed by atoms with van der Waals surface area (Å²) < 4.78 is 0.